The quantitative estimate of drug-likeness (QED) is 0.802. The molecule has 1 rings (SSSR count). The van der Waals surface area contributed by atoms with Crippen molar-refractivity contribution in [3.05, 3.63) is 28.8 Å². The molecule has 0 saturated carbocycles. The molecule has 1 aromatic rings. The lowest BCUT2D eigenvalue weighted by Gasteiger charge is -2.17. The van der Waals surface area contributed by atoms with Gasteiger partial charge in [-0.1, -0.05) is 31.9 Å². The average Bonchev–Trinajstić information content (AvgIpc) is 2.43. The van der Waals surface area contributed by atoms with Crippen LogP contribution in [0.25, 0.3) is 0 Å². The van der Waals surface area contributed by atoms with Crippen molar-refractivity contribution in [2.75, 3.05) is 20.1 Å². The number of sulfonamides is 1. The summed E-state index contributed by atoms with van der Waals surface area (Å²) in [5, 5.41) is 3.74. The molecule has 6 heteroatoms. The highest BCUT2D eigenvalue weighted by Crippen LogP contribution is 2.22. The zero-order valence-corrected chi connectivity index (χ0v) is 13.9. The molecule has 0 radical (unpaired) electrons. The van der Waals surface area contributed by atoms with Crippen LogP contribution in [-0.4, -0.2) is 32.9 Å². The van der Waals surface area contributed by atoms with Gasteiger partial charge in [0.1, 0.15) is 0 Å². The van der Waals surface area contributed by atoms with E-state index in [-0.39, 0.29) is 0 Å². The van der Waals surface area contributed by atoms with Crippen molar-refractivity contribution < 1.29 is 8.42 Å². The third kappa shape index (κ3) is 4.45. The van der Waals surface area contributed by atoms with E-state index in [1.807, 2.05) is 13.8 Å². The summed E-state index contributed by atoms with van der Waals surface area (Å²) in [4.78, 5) is 0.299. The van der Waals surface area contributed by atoms with Crippen molar-refractivity contribution in [1.29, 1.82) is 0 Å². The maximum atomic E-state index is 12.4. The number of nitrogens with zero attached hydrogens (tertiary/aromatic N) is 1. The minimum Gasteiger partial charge on any atom is -0.313 e. The largest absolute Gasteiger partial charge is 0.313 e. The van der Waals surface area contributed by atoms with E-state index in [4.69, 9.17) is 11.6 Å². The van der Waals surface area contributed by atoms with Gasteiger partial charge in [0, 0.05) is 25.2 Å². The van der Waals surface area contributed by atoms with Gasteiger partial charge >= 0.3 is 0 Å². The first-order chi connectivity index (χ1) is 9.43. The highest BCUT2D eigenvalue weighted by atomic mass is 35.5. The molecular weight excluding hydrogens is 296 g/mol. The lowest BCUT2D eigenvalue weighted by Crippen LogP contribution is -2.28. The molecule has 0 aliphatic rings. The van der Waals surface area contributed by atoms with E-state index in [2.05, 4.69) is 5.32 Å². The summed E-state index contributed by atoms with van der Waals surface area (Å²) in [5.41, 5.74) is 0.804. The molecule has 1 aromatic carbocycles. The minimum atomic E-state index is -3.43. The van der Waals surface area contributed by atoms with Gasteiger partial charge in [0.25, 0.3) is 0 Å². The summed E-state index contributed by atoms with van der Waals surface area (Å²) >= 11 is 6.10. The lowest BCUT2D eigenvalue weighted by atomic mass is 10.2. The van der Waals surface area contributed by atoms with Crippen LogP contribution in [0.1, 0.15) is 32.3 Å². The molecular formula is C14H23ClN2O2S. The van der Waals surface area contributed by atoms with Crippen LogP contribution in [0.4, 0.5) is 0 Å². The van der Waals surface area contributed by atoms with Crippen LogP contribution in [0.5, 0.6) is 0 Å². The molecule has 0 unspecified atom stereocenters. The Bertz CT molecular complexity index is 532. The number of halogens is 1. The Labute approximate surface area is 127 Å². The predicted molar refractivity (Wildman–Crippen MR) is 83.6 cm³/mol. The molecule has 0 amide bonds. The SMILES string of the molecule is CCCCN(C)S(=O)(=O)c1ccc(Cl)c(CNCC)c1. The summed E-state index contributed by atoms with van der Waals surface area (Å²) in [6.45, 7) is 5.94. The maximum Gasteiger partial charge on any atom is 0.242 e. The lowest BCUT2D eigenvalue weighted by molar-refractivity contribution is 0.459. The first kappa shape index (κ1) is 17.4. The fourth-order valence-electron chi connectivity index (χ4n) is 1.79. The Balaban J connectivity index is 3.00. The maximum absolute atomic E-state index is 12.4. The van der Waals surface area contributed by atoms with Gasteiger partial charge in [-0.05, 0) is 36.7 Å². The Morgan fingerprint density at radius 1 is 1.30 bits per heavy atom. The van der Waals surface area contributed by atoms with E-state index < -0.39 is 10.0 Å². The standard InChI is InChI=1S/C14H23ClN2O2S/c1-4-6-9-17(3)20(18,19)13-7-8-14(15)12(10-13)11-16-5-2/h7-8,10,16H,4-6,9,11H2,1-3H3. The highest BCUT2D eigenvalue weighted by Gasteiger charge is 2.21. The van der Waals surface area contributed by atoms with Crippen LogP contribution in [0.15, 0.2) is 23.1 Å². The fraction of sp³-hybridized carbons (Fsp3) is 0.571. The molecule has 0 saturated heterocycles. The van der Waals surface area contributed by atoms with Crippen molar-refractivity contribution in [2.45, 2.75) is 38.1 Å². The second-order valence-corrected chi connectivity index (χ2v) is 7.17. The Hall–Kier alpha value is -0.620. The number of nitrogens with one attached hydrogen (secondary N) is 1. The van der Waals surface area contributed by atoms with E-state index in [9.17, 15) is 8.42 Å². The number of hydrogen-bond acceptors (Lipinski definition) is 3. The van der Waals surface area contributed by atoms with E-state index >= 15 is 0 Å². The summed E-state index contributed by atoms with van der Waals surface area (Å²) in [7, 11) is -1.81. The van der Waals surface area contributed by atoms with Gasteiger partial charge < -0.3 is 5.32 Å². The van der Waals surface area contributed by atoms with Crippen LogP contribution >= 0.6 is 11.6 Å². The predicted octanol–water partition coefficient (Wildman–Crippen LogP) is 2.87. The van der Waals surface area contributed by atoms with Crippen LogP contribution in [0, 0.1) is 0 Å². The Morgan fingerprint density at radius 3 is 2.60 bits per heavy atom. The first-order valence-electron chi connectivity index (χ1n) is 6.89. The molecule has 0 heterocycles. The van der Waals surface area contributed by atoms with E-state index in [1.165, 1.54) is 4.31 Å². The van der Waals surface area contributed by atoms with Crippen molar-refractivity contribution in [3.63, 3.8) is 0 Å². The minimum absolute atomic E-state index is 0.299. The highest BCUT2D eigenvalue weighted by molar-refractivity contribution is 7.89. The van der Waals surface area contributed by atoms with Crippen LogP contribution in [0.2, 0.25) is 5.02 Å². The number of unbranched alkanes of at least 4 members (excludes halogenated alkanes) is 1. The summed E-state index contributed by atoms with van der Waals surface area (Å²) < 4.78 is 26.3. The van der Waals surface area contributed by atoms with Crippen molar-refractivity contribution >= 4 is 21.6 Å². The molecule has 4 nitrogen and oxygen atoms in total. The van der Waals surface area contributed by atoms with Gasteiger partial charge in [-0.25, -0.2) is 12.7 Å². The van der Waals surface area contributed by atoms with Gasteiger partial charge in [-0.2, -0.15) is 0 Å². The third-order valence-electron chi connectivity index (χ3n) is 3.12. The molecule has 114 valence electrons. The second-order valence-electron chi connectivity index (χ2n) is 4.71. The van der Waals surface area contributed by atoms with Gasteiger partial charge in [-0.15, -0.1) is 0 Å². The van der Waals surface area contributed by atoms with Gasteiger partial charge in [0.2, 0.25) is 10.0 Å². The normalized spacial score (nSPS) is 12.1. The molecule has 0 aliphatic carbocycles. The van der Waals surface area contributed by atoms with Crippen LogP contribution in [-0.2, 0) is 16.6 Å². The molecule has 0 spiro atoms. The molecule has 0 fully saturated rings. The Morgan fingerprint density at radius 2 is 2.00 bits per heavy atom. The summed E-state index contributed by atoms with van der Waals surface area (Å²) in [5.74, 6) is 0. The molecule has 1 N–H and O–H groups in total. The van der Waals surface area contributed by atoms with Crippen molar-refractivity contribution in [2.24, 2.45) is 0 Å². The third-order valence-corrected chi connectivity index (χ3v) is 5.34. The zero-order chi connectivity index (χ0) is 15.2. The van der Waals surface area contributed by atoms with Gasteiger partial charge in [0.15, 0.2) is 0 Å². The fourth-order valence-corrected chi connectivity index (χ4v) is 3.23. The van der Waals surface area contributed by atoms with Crippen LogP contribution in [0.3, 0.4) is 0 Å². The summed E-state index contributed by atoms with van der Waals surface area (Å²) in [6.07, 6.45) is 1.82. The molecule has 20 heavy (non-hydrogen) atoms. The first-order valence-corrected chi connectivity index (χ1v) is 8.70. The van der Waals surface area contributed by atoms with E-state index in [0.29, 0.717) is 23.0 Å². The molecule has 0 atom stereocenters. The average molecular weight is 319 g/mol. The van der Waals surface area contributed by atoms with Crippen LogP contribution < -0.4 is 5.32 Å². The van der Waals surface area contributed by atoms with Crippen molar-refractivity contribution in [1.82, 2.24) is 9.62 Å². The number of benzene rings is 1. The molecule has 0 aliphatic heterocycles. The summed E-state index contributed by atoms with van der Waals surface area (Å²) in [6, 6.07) is 4.87. The topological polar surface area (TPSA) is 49.4 Å². The zero-order valence-electron chi connectivity index (χ0n) is 12.3. The van der Waals surface area contributed by atoms with Gasteiger partial charge in [-0.3, -0.25) is 0 Å². The Kier molecular flexibility index (Phi) is 6.95. The monoisotopic (exact) mass is 318 g/mol. The molecule has 0 bridgehead atoms. The van der Waals surface area contributed by atoms with Crippen molar-refractivity contribution in [3.8, 4) is 0 Å². The van der Waals surface area contributed by atoms with E-state index in [1.54, 1.807) is 25.2 Å². The second kappa shape index (κ2) is 7.98. The van der Waals surface area contributed by atoms with Gasteiger partial charge in [0.05, 0.1) is 4.90 Å². The smallest absolute Gasteiger partial charge is 0.242 e. The number of rotatable bonds is 8. The molecule has 0 aromatic heterocycles. The van der Waals surface area contributed by atoms with E-state index in [0.717, 1.165) is 24.9 Å². The number of hydrogen-bond donors (Lipinski definition) is 1.